The number of pyridine rings is 1. The molecule has 24 heavy (non-hydrogen) atoms. The van der Waals surface area contributed by atoms with E-state index >= 15 is 0 Å². The van der Waals surface area contributed by atoms with E-state index in [1.54, 1.807) is 25.4 Å². The third kappa shape index (κ3) is 5.04. The quantitative estimate of drug-likeness (QED) is 0.734. The first kappa shape index (κ1) is 17.9. The van der Waals surface area contributed by atoms with Crippen molar-refractivity contribution in [3.05, 3.63) is 59.8 Å². The average Bonchev–Trinajstić information content (AvgIpc) is 2.61. The van der Waals surface area contributed by atoms with E-state index in [2.05, 4.69) is 10.3 Å². The summed E-state index contributed by atoms with van der Waals surface area (Å²) >= 11 is 0. The molecule has 2 rings (SSSR count). The number of carboxylic acids is 1. The van der Waals surface area contributed by atoms with E-state index in [9.17, 15) is 9.90 Å². The van der Waals surface area contributed by atoms with E-state index in [0.29, 0.717) is 13.2 Å². The number of ether oxygens (including phenoxy) is 1. The summed E-state index contributed by atoms with van der Waals surface area (Å²) in [7, 11) is 3.62. The van der Waals surface area contributed by atoms with E-state index in [0.717, 1.165) is 23.5 Å². The number of hydrogen-bond acceptors (Lipinski definition) is 5. The number of likely N-dealkylation sites (N-methyl/N-ethyl adjacent to an activating group) is 1. The van der Waals surface area contributed by atoms with Crippen LogP contribution in [-0.2, 0) is 16.1 Å². The molecule has 128 valence electrons. The van der Waals surface area contributed by atoms with Crippen LogP contribution in [0.2, 0.25) is 0 Å². The topological polar surface area (TPSA) is 74.7 Å². The van der Waals surface area contributed by atoms with Crippen LogP contribution in [0, 0.1) is 0 Å². The molecule has 0 spiro atoms. The SMILES string of the molecule is COCCN(C)c1ccc(CN[C@@H](C(=O)O)c2ccccc2)cn1. The van der Waals surface area contributed by atoms with Gasteiger partial charge in [-0.2, -0.15) is 0 Å². The van der Waals surface area contributed by atoms with Crippen LogP contribution in [-0.4, -0.2) is 43.4 Å². The van der Waals surface area contributed by atoms with Crippen LogP contribution >= 0.6 is 0 Å². The van der Waals surface area contributed by atoms with E-state index < -0.39 is 12.0 Å². The number of carbonyl (C=O) groups is 1. The van der Waals surface area contributed by atoms with Gasteiger partial charge >= 0.3 is 5.97 Å². The van der Waals surface area contributed by atoms with Gasteiger partial charge in [-0.3, -0.25) is 10.1 Å². The van der Waals surface area contributed by atoms with E-state index in [1.165, 1.54) is 0 Å². The molecule has 1 heterocycles. The highest BCUT2D eigenvalue weighted by Crippen LogP contribution is 2.14. The Morgan fingerprint density at radius 3 is 2.62 bits per heavy atom. The fraction of sp³-hybridized carbons (Fsp3) is 0.333. The molecule has 0 saturated carbocycles. The Hall–Kier alpha value is -2.44. The Kier molecular flexibility index (Phi) is 6.72. The Balaban J connectivity index is 1.96. The lowest BCUT2D eigenvalue weighted by Crippen LogP contribution is -2.28. The second-order valence-electron chi connectivity index (χ2n) is 5.50. The maximum absolute atomic E-state index is 11.5. The van der Waals surface area contributed by atoms with Gasteiger partial charge in [-0.05, 0) is 17.2 Å². The van der Waals surface area contributed by atoms with Crippen LogP contribution in [0.4, 0.5) is 5.82 Å². The van der Waals surface area contributed by atoms with E-state index in [4.69, 9.17) is 4.74 Å². The summed E-state index contributed by atoms with van der Waals surface area (Å²) in [6.07, 6.45) is 1.76. The van der Waals surface area contributed by atoms with Gasteiger partial charge in [-0.1, -0.05) is 36.4 Å². The molecule has 1 aromatic carbocycles. The molecule has 1 atom stereocenters. The first-order valence-electron chi connectivity index (χ1n) is 7.78. The number of methoxy groups -OCH3 is 1. The highest BCUT2D eigenvalue weighted by molar-refractivity contribution is 5.75. The normalized spacial score (nSPS) is 11.9. The van der Waals surface area contributed by atoms with Crippen molar-refractivity contribution in [3.8, 4) is 0 Å². The highest BCUT2D eigenvalue weighted by Gasteiger charge is 2.18. The Morgan fingerprint density at radius 2 is 2.04 bits per heavy atom. The van der Waals surface area contributed by atoms with Crippen molar-refractivity contribution in [2.75, 3.05) is 32.2 Å². The van der Waals surface area contributed by atoms with Gasteiger partial charge in [0.15, 0.2) is 0 Å². The van der Waals surface area contributed by atoms with Gasteiger partial charge in [0.05, 0.1) is 6.61 Å². The molecule has 2 aromatic rings. The lowest BCUT2D eigenvalue weighted by molar-refractivity contribution is -0.139. The molecule has 0 bridgehead atoms. The highest BCUT2D eigenvalue weighted by atomic mass is 16.5. The summed E-state index contributed by atoms with van der Waals surface area (Å²) in [5.74, 6) is -0.0428. The van der Waals surface area contributed by atoms with Gasteiger partial charge in [0, 0.05) is 33.4 Å². The third-order valence-electron chi connectivity index (χ3n) is 3.72. The summed E-state index contributed by atoms with van der Waals surface area (Å²) in [6.45, 7) is 1.83. The molecule has 2 N–H and O–H groups in total. The van der Waals surface area contributed by atoms with Gasteiger partial charge in [0.25, 0.3) is 0 Å². The second kappa shape index (κ2) is 9.00. The average molecular weight is 329 g/mol. The molecule has 1 aromatic heterocycles. The van der Waals surface area contributed by atoms with Crippen molar-refractivity contribution in [1.82, 2.24) is 10.3 Å². The lowest BCUT2D eigenvalue weighted by atomic mass is 10.1. The smallest absolute Gasteiger partial charge is 0.325 e. The minimum absolute atomic E-state index is 0.431. The Morgan fingerprint density at radius 1 is 1.29 bits per heavy atom. The van der Waals surface area contributed by atoms with Crippen molar-refractivity contribution < 1.29 is 14.6 Å². The number of aromatic nitrogens is 1. The van der Waals surface area contributed by atoms with Crippen molar-refractivity contribution in [2.45, 2.75) is 12.6 Å². The minimum atomic E-state index is -0.898. The molecule has 0 saturated heterocycles. The number of carboxylic acid groups (broad SMARTS) is 1. The van der Waals surface area contributed by atoms with Crippen LogP contribution in [0.5, 0.6) is 0 Å². The van der Waals surface area contributed by atoms with E-state index in [1.807, 2.05) is 42.3 Å². The van der Waals surface area contributed by atoms with E-state index in [-0.39, 0.29) is 0 Å². The van der Waals surface area contributed by atoms with Crippen molar-refractivity contribution in [1.29, 1.82) is 0 Å². The van der Waals surface area contributed by atoms with Crippen LogP contribution in [0.3, 0.4) is 0 Å². The molecule has 6 nitrogen and oxygen atoms in total. The zero-order valence-corrected chi connectivity index (χ0v) is 14.0. The second-order valence-corrected chi connectivity index (χ2v) is 5.50. The summed E-state index contributed by atoms with van der Waals surface area (Å²) in [6, 6.07) is 12.3. The summed E-state index contributed by atoms with van der Waals surface area (Å²) in [5.41, 5.74) is 1.66. The minimum Gasteiger partial charge on any atom is -0.480 e. The fourth-order valence-electron chi connectivity index (χ4n) is 2.30. The molecule has 0 amide bonds. The number of rotatable bonds is 9. The maximum atomic E-state index is 11.5. The standard InChI is InChI=1S/C18H23N3O3/c1-21(10-11-24-2)16-9-8-14(12-19-16)13-20-17(18(22)23)15-6-4-3-5-7-15/h3-9,12,17,20H,10-11,13H2,1-2H3,(H,22,23)/t17-/m1/s1. The zero-order chi connectivity index (χ0) is 17.4. The zero-order valence-electron chi connectivity index (χ0n) is 14.0. The van der Waals surface area contributed by atoms with Crippen LogP contribution < -0.4 is 10.2 Å². The molecule has 0 unspecified atom stereocenters. The van der Waals surface area contributed by atoms with Crippen molar-refractivity contribution in [2.24, 2.45) is 0 Å². The molecular weight excluding hydrogens is 306 g/mol. The first-order chi connectivity index (χ1) is 11.6. The number of hydrogen-bond donors (Lipinski definition) is 2. The lowest BCUT2D eigenvalue weighted by Gasteiger charge is -2.18. The first-order valence-corrected chi connectivity index (χ1v) is 7.78. The Labute approximate surface area is 142 Å². The molecule has 0 fully saturated rings. The molecule has 6 heteroatoms. The van der Waals surface area contributed by atoms with Gasteiger partial charge in [0.1, 0.15) is 11.9 Å². The van der Waals surface area contributed by atoms with Crippen molar-refractivity contribution >= 4 is 11.8 Å². The third-order valence-corrected chi connectivity index (χ3v) is 3.72. The molecule has 0 aliphatic rings. The molecule has 0 aliphatic heterocycles. The number of nitrogens with one attached hydrogen (secondary N) is 1. The van der Waals surface area contributed by atoms with Crippen LogP contribution in [0.1, 0.15) is 17.2 Å². The number of aliphatic carboxylic acids is 1. The summed E-state index contributed by atoms with van der Waals surface area (Å²) < 4.78 is 5.05. The predicted molar refractivity (Wildman–Crippen MR) is 93.0 cm³/mol. The van der Waals surface area contributed by atoms with Crippen molar-refractivity contribution in [3.63, 3.8) is 0 Å². The largest absolute Gasteiger partial charge is 0.480 e. The van der Waals surface area contributed by atoms with Gasteiger partial charge in [-0.15, -0.1) is 0 Å². The Bertz CT molecular complexity index is 632. The van der Waals surface area contributed by atoms with Crippen LogP contribution in [0.25, 0.3) is 0 Å². The molecule has 0 radical (unpaired) electrons. The summed E-state index contributed by atoms with van der Waals surface area (Å²) in [5, 5.41) is 12.5. The van der Waals surface area contributed by atoms with Gasteiger partial charge in [-0.25, -0.2) is 4.98 Å². The maximum Gasteiger partial charge on any atom is 0.325 e. The van der Waals surface area contributed by atoms with Crippen LogP contribution in [0.15, 0.2) is 48.7 Å². The molecular formula is C18H23N3O3. The van der Waals surface area contributed by atoms with Gasteiger partial charge in [0.2, 0.25) is 0 Å². The fourth-order valence-corrected chi connectivity index (χ4v) is 2.30. The number of nitrogens with zero attached hydrogens (tertiary/aromatic N) is 2. The monoisotopic (exact) mass is 329 g/mol. The predicted octanol–water partition coefficient (Wildman–Crippen LogP) is 2.08. The number of anilines is 1. The number of benzene rings is 1. The van der Waals surface area contributed by atoms with Gasteiger partial charge < -0.3 is 14.7 Å². The molecule has 0 aliphatic carbocycles. The summed E-state index contributed by atoms with van der Waals surface area (Å²) in [4.78, 5) is 17.9.